The van der Waals surface area contributed by atoms with Crippen LogP contribution in [0, 0.1) is 11.7 Å². The van der Waals surface area contributed by atoms with E-state index in [9.17, 15) is 4.39 Å². The van der Waals surface area contributed by atoms with Gasteiger partial charge in [-0.2, -0.15) is 0 Å². The second kappa shape index (κ2) is 6.66. The first-order valence-electron chi connectivity index (χ1n) is 7.37. The highest BCUT2D eigenvalue weighted by Crippen LogP contribution is 2.25. The summed E-state index contributed by atoms with van der Waals surface area (Å²) >= 11 is 0. The average molecular weight is 279 g/mol. The Balaban J connectivity index is 2.08. The molecule has 2 N–H and O–H groups in total. The van der Waals surface area contributed by atoms with E-state index in [1.807, 2.05) is 13.0 Å². The SMILES string of the molecule is CC(N)C(c1cccc(F)c1)N(C)CC1CCN(C)C1. The zero-order valence-electron chi connectivity index (χ0n) is 12.7. The molecule has 0 radical (unpaired) electrons. The molecule has 1 aromatic rings. The topological polar surface area (TPSA) is 32.5 Å². The van der Waals surface area contributed by atoms with Crippen LogP contribution in [-0.2, 0) is 0 Å². The highest BCUT2D eigenvalue weighted by molar-refractivity contribution is 5.21. The molecule has 0 aliphatic carbocycles. The minimum absolute atomic E-state index is 0.0269. The van der Waals surface area contributed by atoms with E-state index in [0.717, 1.165) is 18.7 Å². The van der Waals surface area contributed by atoms with Crippen LogP contribution < -0.4 is 5.73 Å². The standard InChI is InChI=1S/C16H26FN3/c1-12(18)16(14-5-4-6-15(17)9-14)20(3)11-13-7-8-19(2)10-13/h4-6,9,12-13,16H,7-8,10-11,18H2,1-3H3. The van der Waals surface area contributed by atoms with Gasteiger partial charge in [-0.1, -0.05) is 12.1 Å². The predicted molar refractivity (Wildman–Crippen MR) is 81.0 cm³/mol. The van der Waals surface area contributed by atoms with Crippen molar-refractivity contribution < 1.29 is 4.39 Å². The van der Waals surface area contributed by atoms with Crippen LogP contribution in [0.15, 0.2) is 24.3 Å². The molecule has 0 bridgehead atoms. The third kappa shape index (κ3) is 3.78. The molecule has 4 heteroatoms. The van der Waals surface area contributed by atoms with Gasteiger partial charge in [0.15, 0.2) is 0 Å². The Morgan fingerprint density at radius 3 is 2.80 bits per heavy atom. The van der Waals surface area contributed by atoms with Crippen molar-refractivity contribution >= 4 is 0 Å². The molecule has 3 unspecified atom stereocenters. The summed E-state index contributed by atoms with van der Waals surface area (Å²) in [5, 5.41) is 0. The second-order valence-electron chi connectivity index (χ2n) is 6.22. The Bertz CT molecular complexity index is 435. The molecular weight excluding hydrogens is 253 g/mol. The molecule has 0 spiro atoms. The molecule has 20 heavy (non-hydrogen) atoms. The van der Waals surface area contributed by atoms with Crippen molar-refractivity contribution in [2.24, 2.45) is 11.7 Å². The number of likely N-dealkylation sites (N-methyl/N-ethyl adjacent to an activating group) is 1. The molecule has 2 rings (SSSR count). The van der Waals surface area contributed by atoms with E-state index in [1.165, 1.54) is 19.0 Å². The van der Waals surface area contributed by atoms with Crippen molar-refractivity contribution in [3.63, 3.8) is 0 Å². The Kier molecular flexibility index (Phi) is 5.13. The van der Waals surface area contributed by atoms with E-state index in [0.29, 0.717) is 5.92 Å². The summed E-state index contributed by atoms with van der Waals surface area (Å²) in [5.41, 5.74) is 7.11. The first kappa shape index (κ1) is 15.4. The van der Waals surface area contributed by atoms with E-state index in [2.05, 4.69) is 23.9 Å². The quantitative estimate of drug-likeness (QED) is 0.896. The Labute approximate surface area is 121 Å². The fraction of sp³-hybridized carbons (Fsp3) is 0.625. The third-order valence-electron chi connectivity index (χ3n) is 4.20. The van der Waals surface area contributed by atoms with E-state index in [4.69, 9.17) is 5.73 Å². The second-order valence-corrected chi connectivity index (χ2v) is 6.22. The zero-order chi connectivity index (χ0) is 14.7. The first-order valence-corrected chi connectivity index (χ1v) is 7.37. The maximum atomic E-state index is 13.4. The smallest absolute Gasteiger partial charge is 0.123 e. The number of likely N-dealkylation sites (tertiary alicyclic amines) is 1. The van der Waals surface area contributed by atoms with E-state index < -0.39 is 0 Å². The van der Waals surface area contributed by atoms with Gasteiger partial charge in [-0.15, -0.1) is 0 Å². The molecule has 112 valence electrons. The molecule has 0 saturated carbocycles. The van der Waals surface area contributed by atoms with Gasteiger partial charge >= 0.3 is 0 Å². The molecule has 1 aliphatic heterocycles. The minimum atomic E-state index is -0.192. The molecule has 0 aromatic heterocycles. The lowest BCUT2D eigenvalue weighted by Gasteiger charge is -2.33. The molecule has 1 aliphatic rings. The molecule has 3 nitrogen and oxygen atoms in total. The van der Waals surface area contributed by atoms with Gasteiger partial charge in [0.2, 0.25) is 0 Å². The van der Waals surface area contributed by atoms with Crippen molar-refractivity contribution in [1.82, 2.24) is 9.80 Å². The third-order valence-corrected chi connectivity index (χ3v) is 4.20. The predicted octanol–water partition coefficient (Wildman–Crippen LogP) is 2.10. The maximum absolute atomic E-state index is 13.4. The van der Waals surface area contributed by atoms with Crippen LogP contribution in [0.25, 0.3) is 0 Å². The summed E-state index contributed by atoms with van der Waals surface area (Å²) in [6.45, 7) is 5.31. The van der Waals surface area contributed by atoms with Crippen LogP contribution in [0.1, 0.15) is 24.9 Å². The fourth-order valence-corrected chi connectivity index (χ4v) is 3.35. The van der Waals surface area contributed by atoms with Crippen molar-refractivity contribution in [3.8, 4) is 0 Å². The van der Waals surface area contributed by atoms with Crippen molar-refractivity contribution in [2.75, 3.05) is 33.7 Å². The van der Waals surface area contributed by atoms with Crippen molar-refractivity contribution in [3.05, 3.63) is 35.6 Å². The number of halogens is 1. The molecule has 0 amide bonds. The Hall–Kier alpha value is -0.970. The van der Waals surface area contributed by atoms with Crippen LogP contribution in [0.2, 0.25) is 0 Å². The zero-order valence-corrected chi connectivity index (χ0v) is 12.7. The number of hydrogen-bond donors (Lipinski definition) is 1. The summed E-state index contributed by atoms with van der Waals surface area (Å²) in [4.78, 5) is 4.64. The van der Waals surface area contributed by atoms with E-state index in [1.54, 1.807) is 12.1 Å². The summed E-state index contributed by atoms with van der Waals surface area (Å²) < 4.78 is 13.4. The van der Waals surface area contributed by atoms with Crippen LogP contribution in [0.4, 0.5) is 4.39 Å². The van der Waals surface area contributed by atoms with Gasteiger partial charge in [0, 0.05) is 25.2 Å². The molecule has 1 heterocycles. The number of rotatable bonds is 5. The summed E-state index contributed by atoms with van der Waals surface area (Å²) in [6, 6.07) is 6.85. The van der Waals surface area contributed by atoms with Gasteiger partial charge in [0.25, 0.3) is 0 Å². The van der Waals surface area contributed by atoms with Crippen molar-refractivity contribution in [2.45, 2.75) is 25.4 Å². The van der Waals surface area contributed by atoms with Crippen LogP contribution >= 0.6 is 0 Å². The number of nitrogens with two attached hydrogens (primary N) is 1. The summed E-state index contributed by atoms with van der Waals surface area (Å²) in [7, 11) is 4.26. The molecule has 1 fully saturated rings. The van der Waals surface area contributed by atoms with Gasteiger partial charge in [-0.3, -0.25) is 4.90 Å². The van der Waals surface area contributed by atoms with Crippen LogP contribution in [-0.4, -0.2) is 49.6 Å². The van der Waals surface area contributed by atoms with E-state index in [-0.39, 0.29) is 17.9 Å². The number of nitrogens with zero attached hydrogens (tertiary/aromatic N) is 2. The van der Waals surface area contributed by atoms with Crippen molar-refractivity contribution in [1.29, 1.82) is 0 Å². The fourth-order valence-electron chi connectivity index (χ4n) is 3.35. The number of hydrogen-bond acceptors (Lipinski definition) is 3. The first-order chi connectivity index (χ1) is 9.47. The monoisotopic (exact) mass is 279 g/mol. The summed E-state index contributed by atoms with van der Waals surface area (Å²) in [6.07, 6.45) is 1.23. The Morgan fingerprint density at radius 2 is 2.25 bits per heavy atom. The number of benzene rings is 1. The van der Waals surface area contributed by atoms with Crippen LogP contribution in [0.3, 0.4) is 0 Å². The van der Waals surface area contributed by atoms with Gasteiger partial charge in [0.1, 0.15) is 5.82 Å². The lowest BCUT2D eigenvalue weighted by Crippen LogP contribution is -2.40. The van der Waals surface area contributed by atoms with Gasteiger partial charge in [0.05, 0.1) is 0 Å². The normalized spacial score (nSPS) is 23.2. The average Bonchev–Trinajstić information content (AvgIpc) is 2.74. The lowest BCUT2D eigenvalue weighted by molar-refractivity contribution is 0.187. The largest absolute Gasteiger partial charge is 0.326 e. The van der Waals surface area contributed by atoms with Gasteiger partial charge in [-0.25, -0.2) is 4.39 Å². The minimum Gasteiger partial charge on any atom is -0.326 e. The molecule has 3 atom stereocenters. The summed E-state index contributed by atoms with van der Waals surface area (Å²) in [5.74, 6) is 0.488. The van der Waals surface area contributed by atoms with Gasteiger partial charge < -0.3 is 10.6 Å². The highest BCUT2D eigenvalue weighted by Gasteiger charge is 2.26. The Morgan fingerprint density at radius 1 is 1.50 bits per heavy atom. The highest BCUT2D eigenvalue weighted by atomic mass is 19.1. The lowest BCUT2D eigenvalue weighted by atomic mass is 9.98. The van der Waals surface area contributed by atoms with Crippen LogP contribution in [0.5, 0.6) is 0 Å². The molecular formula is C16H26FN3. The molecule has 1 saturated heterocycles. The van der Waals surface area contributed by atoms with Gasteiger partial charge in [-0.05, 0) is 57.6 Å². The van der Waals surface area contributed by atoms with E-state index >= 15 is 0 Å². The maximum Gasteiger partial charge on any atom is 0.123 e. The molecule has 1 aromatic carbocycles.